The number of imidazole rings is 1. The van der Waals surface area contributed by atoms with Gasteiger partial charge in [0.15, 0.2) is 11.5 Å². The minimum atomic E-state index is 0.275. The molecule has 3 aromatic rings. The number of hydrogen-bond acceptors (Lipinski definition) is 4. The van der Waals surface area contributed by atoms with Crippen LogP contribution in [0, 0.1) is 0 Å². The summed E-state index contributed by atoms with van der Waals surface area (Å²) in [6.07, 6.45) is 4.27. The highest BCUT2D eigenvalue weighted by atomic mass is 15.1. The molecule has 0 aliphatic carbocycles. The van der Waals surface area contributed by atoms with Gasteiger partial charge in [-0.3, -0.25) is 0 Å². The van der Waals surface area contributed by atoms with Gasteiger partial charge in [-0.25, -0.2) is 15.0 Å². The predicted octanol–water partition coefficient (Wildman–Crippen LogP) is 2.41. The lowest BCUT2D eigenvalue weighted by Crippen LogP contribution is -2.19. The van der Waals surface area contributed by atoms with E-state index in [9.17, 15) is 0 Å². The Labute approximate surface area is 117 Å². The summed E-state index contributed by atoms with van der Waals surface area (Å²) in [7, 11) is 1.93. The molecule has 5 nitrogen and oxygen atoms in total. The van der Waals surface area contributed by atoms with Crippen molar-refractivity contribution in [3.8, 4) is 0 Å². The van der Waals surface area contributed by atoms with E-state index in [0.29, 0.717) is 0 Å². The van der Waals surface area contributed by atoms with Crippen molar-refractivity contribution >= 4 is 17.0 Å². The highest BCUT2D eigenvalue weighted by molar-refractivity contribution is 5.82. The van der Waals surface area contributed by atoms with Crippen LogP contribution in [0.3, 0.4) is 0 Å². The second-order valence-electron chi connectivity index (χ2n) is 4.99. The van der Waals surface area contributed by atoms with Gasteiger partial charge in [-0.15, -0.1) is 0 Å². The van der Waals surface area contributed by atoms with Crippen molar-refractivity contribution in [1.82, 2.24) is 19.5 Å². The van der Waals surface area contributed by atoms with Gasteiger partial charge < -0.3 is 9.88 Å². The van der Waals surface area contributed by atoms with Gasteiger partial charge in [0.2, 0.25) is 0 Å². The van der Waals surface area contributed by atoms with E-state index >= 15 is 0 Å². The molecule has 20 heavy (non-hydrogen) atoms. The van der Waals surface area contributed by atoms with E-state index in [4.69, 9.17) is 0 Å². The highest BCUT2D eigenvalue weighted by Crippen LogP contribution is 2.18. The first-order valence-electron chi connectivity index (χ1n) is 6.66. The molecule has 0 aliphatic rings. The Morgan fingerprint density at radius 1 is 1.15 bits per heavy atom. The van der Waals surface area contributed by atoms with Crippen molar-refractivity contribution in [2.75, 3.05) is 5.32 Å². The lowest BCUT2D eigenvalue weighted by molar-refractivity contribution is 0.785. The second kappa shape index (κ2) is 5.28. The first-order chi connectivity index (χ1) is 9.74. The predicted molar refractivity (Wildman–Crippen MR) is 79.5 cm³/mol. The molecule has 0 bridgehead atoms. The van der Waals surface area contributed by atoms with Crippen LogP contribution in [0.4, 0.5) is 5.82 Å². The van der Waals surface area contributed by atoms with Crippen LogP contribution in [0.1, 0.15) is 12.5 Å². The Bertz CT molecular complexity index is 705. The normalized spacial score (nSPS) is 12.5. The average molecular weight is 267 g/mol. The standard InChI is InChI=1S/C15H17N5/c1-11(8-12-6-4-3-5-7-12)19-14-13-15(17-9-16-14)20(2)10-18-13/h3-7,9-11H,8H2,1-2H3,(H,16,17,19)/t11-/m0/s1. The number of aryl methyl sites for hydroxylation is 1. The fourth-order valence-electron chi connectivity index (χ4n) is 2.30. The highest BCUT2D eigenvalue weighted by Gasteiger charge is 2.11. The summed E-state index contributed by atoms with van der Waals surface area (Å²) in [5, 5.41) is 3.42. The summed E-state index contributed by atoms with van der Waals surface area (Å²) in [5.41, 5.74) is 2.96. The van der Waals surface area contributed by atoms with E-state index in [1.807, 2.05) is 17.7 Å². The molecule has 0 spiro atoms. The number of nitrogens with zero attached hydrogens (tertiary/aromatic N) is 4. The van der Waals surface area contributed by atoms with Crippen LogP contribution in [0.25, 0.3) is 11.2 Å². The monoisotopic (exact) mass is 267 g/mol. The van der Waals surface area contributed by atoms with Gasteiger partial charge in [0, 0.05) is 13.1 Å². The summed E-state index contributed by atoms with van der Waals surface area (Å²) in [6.45, 7) is 2.14. The van der Waals surface area contributed by atoms with Crippen LogP contribution in [0.5, 0.6) is 0 Å². The van der Waals surface area contributed by atoms with Crippen LogP contribution in [0.2, 0.25) is 0 Å². The van der Waals surface area contributed by atoms with Gasteiger partial charge in [0.05, 0.1) is 6.33 Å². The van der Waals surface area contributed by atoms with Gasteiger partial charge in [-0.2, -0.15) is 0 Å². The van der Waals surface area contributed by atoms with Crippen LogP contribution < -0.4 is 5.32 Å². The van der Waals surface area contributed by atoms with E-state index in [0.717, 1.165) is 23.4 Å². The quantitative estimate of drug-likeness (QED) is 0.788. The van der Waals surface area contributed by atoms with Crippen LogP contribution in [-0.2, 0) is 13.5 Å². The molecule has 0 saturated heterocycles. The second-order valence-corrected chi connectivity index (χ2v) is 4.99. The molecule has 0 radical (unpaired) electrons. The number of fused-ring (bicyclic) bond motifs is 1. The van der Waals surface area contributed by atoms with E-state index in [-0.39, 0.29) is 6.04 Å². The van der Waals surface area contributed by atoms with Crippen molar-refractivity contribution in [3.63, 3.8) is 0 Å². The topological polar surface area (TPSA) is 55.6 Å². The maximum absolute atomic E-state index is 4.35. The summed E-state index contributed by atoms with van der Waals surface area (Å²) >= 11 is 0. The Morgan fingerprint density at radius 2 is 1.95 bits per heavy atom. The molecular weight excluding hydrogens is 250 g/mol. The van der Waals surface area contributed by atoms with Gasteiger partial charge in [0.25, 0.3) is 0 Å². The van der Waals surface area contributed by atoms with Crippen LogP contribution >= 0.6 is 0 Å². The number of benzene rings is 1. The zero-order valence-electron chi connectivity index (χ0n) is 11.6. The number of rotatable bonds is 4. The molecule has 0 saturated carbocycles. The SMILES string of the molecule is C[C@@H](Cc1ccccc1)Nc1ncnc2c1ncn2C. The lowest BCUT2D eigenvalue weighted by atomic mass is 10.1. The minimum absolute atomic E-state index is 0.275. The Morgan fingerprint density at radius 3 is 2.75 bits per heavy atom. The smallest absolute Gasteiger partial charge is 0.165 e. The van der Waals surface area contributed by atoms with Gasteiger partial charge in [-0.1, -0.05) is 30.3 Å². The maximum atomic E-state index is 4.35. The summed E-state index contributed by atoms with van der Waals surface area (Å²) in [6, 6.07) is 10.7. The number of hydrogen-bond donors (Lipinski definition) is 1. The van der Waals surface area contributed by atoms with Crippen molar-refractivity contribution in [2.24, 2.45) is 7.05 Å². The fourth-order valence-corrected chi connectivity index (χ4v) is 2.30. The molecule has 0 amide bonds. The Kier molecular flexibility index (Phi) is 3.33. The van der Waals surface area contributed by atoms with Crippen molar-refractivity contribution in [2.45, 2.75) is 19.4 Å². The molecule has 1 atom stereocenters. The zero-order valence-corrected chi connectivity index (χ0v) is 11.6. The van der Waals surface area contributed by atoms with Gasteiger partial charge >= 0.3 is 0 Å². The van der Waals surface area contributed by atoms with E-state index in [1.54, 1.807) is 12.7 Å². The third-order valence-electron chi connectivity index (χ3n) is 3.26. The fraction of sp³-hybridized carbons (Fsp3) is 0.267. The molecule has 2 aromatic heterocycles. The molecule has 1 aromatic carbocycles. The van der Waals surface area contributed by atoms with Gasteiger partial charge in [0.1, 0.15) is 11.8 Å². The molecule has 2 heterocycles. The Balaban J connectivity index is 1.79. The first kappa shape index (κ1) is 12.6. The molecule has 0 unspecified atom stereocenters. The number of aromatic nitrogens is 4. The molecule has 1 N–H and O–H groups in total. The van der Waals surface area contributed by atoms with Crippen molar-refractivity contribution in [1.29, 1.82) is 0 Å². The lowest BCUT2D eigenvalue weighted by Gasteiger charge is -2.14. The largest absolute Gasteiger partial charge is 0.365 e. The molecule has 5 heteroatoms. The molecule has 3 rings (SSSR count). The summed E-state index contributed by atoms with van der Waals surface area (Å²) in [5.74, 6) is 0.791. The molecule has 0 fully saturated rings. The summed E-state index contributed by atoms with van der Waals surface area (Å²) in [4.78, 5) is 12.9. The van der Waals surface area contributed by atoms with E-state index in [2.05, 4.69) is 51.5 Å². The van der Waals surface area contributed by atoms with Gasteiger partial charge in [-0.05, 0) is 18.9 Å². The maximum Gasteiger partial charge on any atom is 0.165 e. The molecule has 102 valence electrons. The average Bonchev–Trinajstić information content (AvgIpc) is 2.83. The first-order valence-corrected chi connectivity index (χ1v) is 6.66. The third kappa shape index (κ3) is 2.47. The Hall–Kier alpha value is -2.43. The van der Waals surface area contributed by atoms with Crippen LogP contribution in [0.15, 0.2) is 43.0 Å². The third-order valence-corrected chi connectivity index (χ3v) is 3.26. The van der Waals surface area contributed by atoms with E-state index in [1.165, 1.54) is 5.56 Å². The van der Waals surface area contributed by atoms with Crippen molar-refractivity contribution in [3.05, 3.63) is 48.5 Å². The molecule has 0 aliphatic heterocycles. The summed E-state index contributed by atoms with van der Waals surface area (Å²) < 4.78 is 1.89. The van der Waals surface area contributed by atoms with Crippen molar-refractivity contribution < 1.29 is 0 Å². The number of nitrogens with one attached hydrogen (secondary N) is 1. The molecular formula is C15H17N5. The van der Waals surface area contributed by atoms with E-state index < -0.39 is 0 Å². The minimum Gasteiger partial charge on any atom is -0.365 e. The number of anilines is 1. The zero-order chi connectivity index (χ0) is 13.9. The van der Waals surface area contributed by atoms with Crippen LogP contribution in [-0.4, -0.2) is 25.6 Å².